The minimum absolute atomic E-state index is 0.00676. The molecule has 4 rings (SSSR count). The summed E-state index contributed by atoms with van der Waals surface area (Å²) in [6, 6.07) is 13.4. The summed E-state index contributed by atoms with van der Waals surface area (Å²) < 4.78 is 18.9. The molecule has 0 spiro atoms. The lowest BCUT2D eigenvalue weighted by molar-refractivity contribution is 0.0809. The molecule has 1 atom stereocenters. The van der Waals surface area contributed by atoms with Gasteiger partial charge in [-0.15, -0.1) is 0 Å². The van der Waals surface area contributed by atoms with Crippen molar-refractivity contribution < 1.29 is 13.9 Å². The number of pyridine rings is 1. The van der Waals surface area contributed by atoms with Crippen molar-refractivity contribution in [2.24, 2.45) is 5.92 Å². The molecule has 1 fully saturated rings. The lowest BCUT2D eigenvalue weighted by Gasteiger charge is -2.32. The van der Waals surface area contributed by atoms with E-state index < -0.39 is 5.82 Å². The van der Waals surface area contributed by atoms with Gasteiger partial charge in [0, 0.05) is 47.2 Å². The minimum Gasteiger partial charge on any atom is -0.494 e. The molecule has 0 bridgehead atoms. The maximum Gasteiger partial charge on any atom is 0.189 e. The van der Waals surface area contributed by atoms with Gasteiger partial charge in [0.15, 0.2) is 22.8 Å². The zero-order chi connectivity index (χ0) is 20.4. The van der Waals surface area contributed by atoms with E-state index in [9.17, 15) is 14.0 Å². The molecule has 0 aliphatic carbocycles. The average molecular weight is 394 g/mol. The molecule has 1 saturated heterocycles. The van der Waals surface area contributed by atoms with Gasteiger partial charge in [-0.2, -0.15) is 0 Å². The van der Waals surface area contributed by atoms with E-state index in [1.807, 2.05) is 24.3 Å². The van der Waals surface area contributed by atoms with Gasteiger partial charge >= 0.3 is 0 Å². The van der Waals surface area contributed by atoms with E-state index in [-0.39, 0.29) is 22.9 Å². The maximum absolute atomic E-state index is 14.0. The number of ketones is 1. The number of nitrogens with zero attached hydrogens (tertiary/aromatic N) is 1. The first-order valence-corrected chi connectivity index (χ1v) is 9.76. The second kappa shape index (κ2) is 8.17. The van der Waals surface area contributed by atoms with Gasteiger partial charge in [-0.1, -0.05) is 12.1 Å². The van der Waals surface area contributed by atoms with Crippen molar-refractivity contribution in [3.63, 3.8) is 0 Å². The highest BCUT2D eigenvalue weighted by Crippen LogP contribution is 2.25. The highest BCUT2D eigenvalue weighted by Gasteiger charge is 2.27. The number of aromatic amines is 1. The number of carbonyl (C=O) groups excluding carboxylic acids is 1. The Morgan fingerprint density at radius 1 is 1.24 bits per heavy atom. The molecule has 0 saturated carbocycles. The number of hydrogen-bond donors (Lipinski definition) is 1. The third-order valence-electron chi connectivity index (χ3n) is 5.50. The standard InChI is InChI=1S/C23H23FN2O3/c1-29-22-9-8-15(11-19(22)24)23(28)16-5-4-10-26(13-16)14-17-12-21(27)18-6-2-3-7-20(18)25-17/h2-3,6-9,11-12,16H,4-5,10,13-14H2,1H3,(H,25,27)/t16-/m0/s1. The summed E-state index contributed by atoms with van der Waals surface area (Å²) in [7, 11) is 1.40. The topological polar surface area (TPSA) is 62.4 Å². The molecular formula is C23H23FN2O3. The van der Waals surface area contributed by atoms with E-state index in [2.05, 4.69) is 9.88 Å². The number of nitrogens with one attached hydrogen (secondary N) is 1. The van der Waals surface area contributed by atoms with Crippen LogP contribution in [-0.4, -0.2) is 35.9 Å². The van der Waals surface area contributed by atoms with Crippen LogP contribution in [0.15, 0.2) is 53.3 Å². The van der Waals surface area contributed by atoms with Crippen LogP contribution in [0.25, 0.3) is 10.9 Å². The van der Waals surface area contributed by atoms with Crippen molar-refractivity contribution in [2.45, 2.75) is 19.4 Å². The van der Waals surface area contributed by atoms with Gasteiger partial charge in [-0.25, -0.2) is 4.39 Å². The highest BCUT2D eigenvalue weighted by atomic mass is 19.1. The average Bonchev–Trinajstić information content (AvgIpc) is 2.73. The molecule has 6 heteroatoms. The second-order valence-corrected chi connectivity index (χ2v) is 7.49. The summed E-state index contributed by atoms with van der Waals surface area (Å²) in [5.74, 6) is -0.640. The van der Waals surface area contributed by atoms with Gasteiger partial charge in [-0.3, -0.25) is 14.5 Å². The van der Waals surface area contributed by atoms with Crippen LogP contribution < -0.4 is 10.2 Å². The van der Waals surface area contributed by atoms with Crippen molar-refractivity contribution in [3.8, 4) is 5.75 Å². The fourth-order valence-corrected chi connectivity index (χ4v) is 4.05. The smallest absolute Gasteiger partial charge is 0.189 e. The fourth-order valence-electron chi connectivity index (χ4n) is 4.05. The van der Waals surface area contributed by atoms with Crippen molar-refractivity contribution in [1.29, 1.82) is 0 Å². The van der Waals surface area contributed by atoms with E-state index in [0.29, 0.717) is 24.0 Å². The van der Waals surface area contributed by atoms with Gasteiger partial charge in [0.25, 0.3) is 0 Å². The molecule has 0 amide bonds. The van der Waals surface area contributed by atoms with Crippen LogP contribution in [0.3, 0.4) is 0 Å². The number of methoxy groups -OCH3 is 1. The number of aromatic nitrogens is 1. The molecule has 2 heterocycles. The second-order valence-electron chi connectivity index (χ2n) is 7.49. The first-order chi connectivity index (χ1) is 14.0. The summed E-state index contributed by atoms with van der Waals surface area (Å²) >= 11 is 0. The monoisotopic (exact) mass is 394 g/mol. The molecule has 0 radical (unpaired) electrons. The largest absolute Gasteiger partial charge is 0.494 e. The van der Waals surface area contributed by atoms with Crippen molar-refractivity contribution in [1.82, 2.24) is 9.88 Å². The number of para-hydroxylation sites is 1. The van der Waals surface area contributed by atoms with Crippen LogP contribution in [0.2, 0.25) is 0 Å². The molecule has 3 aromatic rings. The Labute approximate surface area is 168 Å². The number of ether oxygens (including phenoxy) is 1. The fraction of sp³-hybridized carbons (Fsp3) is 0.304. The van der Waals surface area contributed by atoms with Crippen LogP contribution in [0.4, 0.5) is 4.39 Å². The Kier molecular flexibility index (Phi) is 5.45. The number of halogens is 1. The highest BCUT2D eigenvalue weighted by molar-refractivity contribution is 5.98. The Hall–Kier alpha value is -2.99. The van der Waals surface area contributed by atoms with Gasteiger partial charge in [0.05, 0.1) is 7.11 Å². The van der Waals surface area contributed by atoms with Crippen LogP contribution in [0.1, 0.15) is 28.9 Å². The molecule has 1 aromatic heterocycles. The number of carbonyl (C=O) groups is 1. The van der Waals surface area contributed by atoms with E-state index in [1.165, 1.54) is 19.2 Å². The summed E-state index contributed by atoms with van der Waals surface area (Å²) in [5.41, 5.74) is 2.01. The minimum atomic E-state index is -0.528. The number of fused-ring (bicyclic) bond motifs is 1. The van der Waals surface area contributed by atoms with Crippen molar-refractivity contribution in [3.05, 3.63) is 75.8 Å². The zero-order valence-electron chi connectivity index (χ0n) is 16.3. The first-order valence-electron chi connectivity index (χ1n) is 9.76. The molecule has 150 valence electrons. The molecule has 5 nitrogen and oxygen atoms in total. The quantitative estimate of drug-likeness (QED) is 0.669. The Balaban J connectivity index is 1.49. The molecule has 1 aliphatic heterocycles. The molecule has 1 N–H and O–H groups in total. The molecule has 0 unspecified atom stereocenters. The van der Waals surface area contributed by atoms with Gasteiger partial charge in [-0.05, 0) is 49.7 Å². The first kappa shape index (κ1) is 19.3. The SMILES string of the molecule is COc1ccc(C(=O)[C@H]2CCCN(Cc3cc(=O)c4ccccc4[nH]3)C2)cc1F. The van der Waals surface area contributed by atoms with Gasteiger partial charge < -0.3 is 9.72 Å². The lowest BCUT2D eigenvalue weighted by Crippen LogP contribution is -2.38. The third kappa shape index (κ3) is 4.07. The molecule has 2 aromatic carbocycles. The van der Waals surface area contributed by atoms with Crippen LogP contribution in [-0.2, 0) is 6.54 Å². The van der Waals surface area contributed by atoms with E-state index in [1.54, 1.807) is 12.1 Å². The predicted molar refractivity (Wildman–Crippen MR) is 110 cm³/mol. The molecular weight excluding hydrogens is 371 g/mol. The van der Waals surface area contributed by atoms with Gasteiger partial charge in [0.2, 0.25) is 0 Å². The van der Waals surface area contributed by atoms with Crippen molar-refractivity contribution >= 4 is 16.7 Å². The summed E-state index contributed by atoms with van der Waals surface area (Å²) in [5, 5.41) is 0.671. The predicted octanol–water partition coefficient (Wildman–Crippen LogP) is 3.77. The van der Waals surface area contributed by atoms with E-state index >= 15 is 0 Å². The number of piperidine rings is 1. The Morgan fingerprint density at radius 2 is 2.07 bits per heavy atom. The number of H-pyrrole nitrogens is 1. The normalized spacial score (nSPS) is 17.4. The number of likely N-dealkylation sites (tertiary alicyclic amines) is 1. The van der Waals surface area contributed by atoms with E-state index in [0.717, 1.165) is 30.6 Å². The van der Waals surface area contributed by atoms with E-state index in [4.69, 9.17) is 4.74 Å². The summed E-state index contributed by atoms with van der Waals surface area (Å²) in [6.45, 7) is 2.01. The number of rotatable bonds is 5. The van der Waals surface area contributed by atoms with Crippen LogP contribution in [0.5, 0.6) is 5.75 Å². The summed E-state index contributed by atoms with van der Waals surface area (Å²) in [4.78, 5) is 30.7. The third-order valence-corrected chi connectivity index (χ3v) is 5.50. The summed E-state index contributed by atoms with van der Waals surface area (Å²) in [6.07, 6.45) is 1.66. The maximum atomic E-state index is 14.0. The Bertz CT molecular complexity index is 1110. The Morgan fingerprint density at radius 3 is 2.86 bits per heavy atom. The van der Waals surface area contributed by atoms with Crippen LogP contribution >= 0.6 is 0 Å². The lowest BCUT2D eigenvalue weighted by atomic mass is 9.90. The number of hydrogen-bond acceptors (Lipinski definition) is 4. The van der Waals surface area contributed by atoms with Gasteiger partial charge in [0.1, 0.15) is 0 Å². The van der Waals surface area contributed by atoms with Crippen molar-refractivity contribution in [2.75, 3.05) is 20.2 Å². The molecule has 29 heavy (non-hydrogen) atoms. The number of benzene rings is 2. The number of Topliss-reactive ketones (excluding diaryl/α,β-unsaturated/α-hetero) is 1. The molecule has 1 aliphatic rings. The van der Waals surface area contributed by atoms with Crippen LogP contribution in [0, 0.1) is 11.7 Å². The zero-order valence-corrected chi connectivity index (χ0v) is 16.3.